The van der Waals surface area contributed by atoms with Crippen LogP contribution in [0.2, 0.25) is 0 Å². The van der Waals surface area contributed by atoms with Gasteiger partial charge in [-0.1, -0.05) is 0 Å². The number of likely N-dealkylation sites (tertiary alicyclic amines) is 1. The number of halogens is 1. The maximum absolute atomic E-state index is 13.1. The van der Waals surface area contributed by atoms with Crippen LogP contribution in [0.1, 0.15) is 68.1 Å². The van der Waals surface area contributed by atoms with E-state index in [1.54, 1.807) is 0 Å². The van der Waals surface area contributed by atoms with Gasteiger partial charge in [0.05, 0.1) is 0 Å². The largest absolute Gasteiger partial charge is 0.349 e. The molecule has 0 aromatic heterocycles. The molecule has 0 radical (unpaired) electrons. The Kier molecular flexibility index (Phi) is 4.87. The molecule has 1 N–H and O–H groups in total. The fourth-order valence-corrected chi connectivity index (χ4v) is 7.08. The molecule has 1 heterocycles. The molecule has 2 amide bonds. The number of piperidine rings is 1. The second-order valence-corrected chi connectivity index (χ2v) is 10.2. The molecule has 4 aliphatic carbocycles. The number of hydrogen-bond acceptors (Lipinski definition) is 2. The Morgan fingerprint density at radius 3 is 2.07 bits per heavy atom. The van der Waals surface area contributed by atoms with Crippen LogP contribution in [0.3, 0.4) is 0 Å². The Morgan fingerprint density at radius 2 is 1.52 bits per heavy atom. The van der Waals surface area contributed by atoms with Gasteiger partial charge in [0.25, 0.3) is 5.91 Å². The number of hydrogen-bond donors (Lipinski definition) is 1. The Morgan fingerprint density at radius 1 is 0.966 bits per heavy atom. The highest BCUT2D eigenvalue weighted by Crippen LogP contribution is 2.61. The molecule has 1 aliphatic heterocycles. The predicted molar refractivity (Wildman–Crippen MR) is 109 cm³/mol. The molecule has 0 spiro atoms. The maximum Gasteiger partial charge on any atom is 0.251 e. The summed E-state index contributed by atoms with van der Waals surface area (Å²) in [5, 5.41) is 3.04. The SMILES string of the molecule is O=C(NC1CCN(C(=O)CC23CC4CC(CC(C4)C2)C3)CC1)c1ccc(F)cc1. The van der Waals surface area contributed by atoms with Crippen LogP contribution in [-0.4, -0.2) is 35.8 Å². The Hall–Kier alpha value is -1.91. The lowest BCUT2D eigenvalue weighted by Gasteiger charge is -2.57. The molecule has 4 saturated carbocycles. The standard InChI is InChI=1S/C24H31FN2O2/c25-20-3-1-19(2-4-20)23(29)26-21-5-7-27(8-6-21)22(28)15-24-12-16-9-17(13-24)11-18(10-16)14-24/h1-4,16-18,21H,5-15H2,(H,26,29). The van der Waals surface area contributed by atoms with E-state index in [-0.39, 0.29) is 17.8 Å². The Labute approximate surface area is 172 Å². The molecule has 4 nitrogen and oxygen atoms in total. The van der Waals surface area contributed by atoms with Crippen molar-refractivity contribution < 1.29 is 14.0 Å². The van der Waals surface area contributed by atoms with Crippen molar-refractivity contribution in [2.75, 3.05) is 13.1 Å². The van der Waals surface area contributed by atoms with Crippen molar-refractivity contribution in [3.05, 3.63) is 35.6 Å². The van der Waals surface area contributed by atoms with Crippen LogP contribution in [0.4, 0.5) is 4.39 Å². The summed E-state index contributed by atoms with van der Waals surface area (Å²) in [5.41, 5.74) is 0.770. The number of benzene rings is 1. The minimum Gasteiger partial charge on any atom is -0.349 e. The quantitative estimate of drug-likeness (QED) is 0.828. The summed E-state index contributed by atoms with van der Waals surface area (Å²) < 4.78 is 13.0. The molecule has 0 atom stereocenters. The minimum atomic E-state index is -0.340. The molecular formula is C24H31FN2O2. The van der Waals surface area contributed by atoms with Crippen molar-refractivity contribution >= 4 is 11.8 Å². The number of carbonyl (C=O) groups is 2. The molecule has 6 rings (SSSR count). The summed E-state index contributed by atoms with van der Waals surface area (Å²) in [6, 6.07) is 5.71. The van der Waals surface area contributed by atoms with Crippen molar-refractivity contribution in [1.29, 1.82) is 0 Å². The van der Waals surface area contributed by atoms with E-state index >= 15 is 0 Å². The molecule has 29 heavy (non-hydrogen) atoms. The molecule has 1 aromatic carbocycles. The van der Waals surface area contributed by atoms with E-state index in [4.69, 9.17) is 0 Å². The lowest BCUT2D eigenvalue weighted by atomic mass is 9.49. The third kappa shape index (κ3) is 3.93. The molecule has 4 bridgehead atoms. The summed E-state index contributed by atoms with van der Waals surface area (Å²) >= 11 is 0. The second kappa shape index (κ2) is 7.41. The van der Waals surface area contributed by atoms with Crippen molar-refractivity contribution in [3.63, 3.8) is 0 Å². The zero-order chi connectivity index (χ0) is 20.0. The van der Waals surface area contributed by atoms with E-state index in [0.717, 1.165) is 50.1 Å². The van der Waals surface area contributed by atoms with Crippen LogP contribution in [0.5, 0.6) is 0 Å². The van der Waals surface area contributed by atoms with Crippen LogP contribution in [0, 0.1) is 29.0 Å². The normalized spacial score (nSPS) is 33.7. The van der Waals surface area contributed by atoms with Gasteiger partial charge < -0.3 is 10.2 Å². The number of nitrogens with zero attached hydrogens (tertiary/aromatic N) is 1. The topological polar surface area (TPSA) is 49.4 Å². The van der Waals surface area contributed by atoms with Gasteiger partial charge in [-0.3, -0.25) is 9.59 Å². The third-order valence-corrected chi connectivity index (χ3v) is 7.98. The number of nitrogens with one attached hydrogen (secondary N) is 1. The molecule has 5 aliphatic rings. The van der Waals surface area contributed by atoms with E-state index in [0.29, 0.717) is 16.9 Å². The van der Waals surface area contributed by atoms with Gasteiger partial charge in [0.1, 0.15) is 5.82 Å². The highest BCUT2D eigenvalue weighted by Gasteiger charge is 2.51. The Bertz CT molecular complexity index is 747. The maximum atomic E-state index is 13.1. The van der Waals surface area contributed by atoms with Gasteiger partial charge in [-0.2, -0.15) is 0 Å². The van der Waals surface area contributed by atoms with Gasteiger partial charge in [0, 0.05) is 31.1 Å². The van der Waals surface area contributed by atoms with Gasteiger partial charge in [-0.25, -0.2) is 4.39 Å². The molecule has 1 saturated heterocycles. The highest BCUT2D eigenvalue weighted by atomic mass is 19.1. The monoisotopic (exact) mass is 398 g/mol. The summed E-state index contributed by atoms with van der Waals surface area (Å²) in [6.07, 6.45) is 10.4. The predicted octanol–water partition coefficient (Wildman–Crippen LogP) is 4.15. The first kappa shape index (κ1) is 19.1. The van der Waals surface area contributed by atoms with Gasteiger partial charge in [-0.05, 0) is 98.8 Å². The van der Waals surface area contributed by atoms with E-state index in [2.05, 4.69) is 5.32 Å². The van der Waals surface area contributed by atoms with Crippen LogP contribution in [0.25, 0.3) is 0 Å². The molecular weight excluding hydrogens is 367 g/mol. The average molecular weight is 399 g/mol. The highest BCUT2D eigenvalue weighted by molar-refractivity contribution is 5.94. The Balaban J connectivity index is 1.12. The zero-order valence-electron chi connectivity index (χ0n) is 17.0. The van der Waals surface area contributed by atoms with Gasteiger partial charge in [0.2, 0.25) is 5.91 Å². The van der Waals surface area contributed by atoms with Crippen molar-refractivity contribution in [2.24, 2.45) is 23.2 Å². The van der Waals surface area contributed by atoms with Crippen molar-refractivity contribution in [3.8, 4) is 0 Å². The second-order valence-electron chi connectivity index (χ2n) is 10.2. The van der Waals surface area contributed by atoms with Gasteiger partial charge in [0.15, 0.2) is 0 Å². The van der Waals surface area contributed by atoms with Crippen LogP contribution in [0.15, 0.2) is 24.3 Å². The fraction of sp³-hybridized carbons (Fsp3) is 0.667. The van der Waals surface area contributed by atoms with E-state index in [1.807, 2.05) is 4.90 Å². The number of carbonyl (C=O) groups excluding carboxylic acids is 2. The fourth-order valence-electron chi connectivity index (χ4n) is 7.08. The summed E-state index contributed by atoms with van der Waals surface area (Å²) in [6.45, 7) is 1.44. The van der Waals surface area contributed by atoms with Crippen LogP contribution in [-0.2, 0) is 4.79 Å². The zero-order valence-corrected chi connectivity index (χ0v) is 17.0. The van der Waals surface area contributed by atoms with Crippen LogP contribution >= 0.6 is 0 Å². The first-order chi connectivity index (χ1) is 14.0. The number of amides is 2. The van der Waals surface area contributed by atoms with Crippen molar-refractivity contribution in [1.82, 2.24) is 10.2 Å². The molecule has 0 unspecified atom stereocenters. The summed E-state index contributed by atoms with van der Waals surface area (Å²) in [4.78, 5) is 27.4. The molecule has 5 fully saturated rings. The van der Waals surface area contributed by atoms with E-state index in [9.17, 15) is 14.0 Å². The first-order valence-electron chi connectivity index (χ1n) is 11.3. The van der Waals surface area contributed by atoms with E-state index in [1.165, 1.54) is 62.8 Å². The van der Waals surface area contributed by atoms with Crippen LogP contribution < -0.4 is 5.32 Å². The third-order valence-electron chi connectivity index (χ3n) is 7.98. The minimum absolute atomic E-state index is 0.0798. The smallest absolute Gasteiger partial charge is 0.251 e. The summed E-state index contributed by atoms with van der Waals surface area (Å²) in [7, 11) is 0. The molecule has 156 valence electrons. The van der Waals surface area contributed by atoms with Crippen molar-refractivity contribution in [2.45, 2.75) is 63.8 Å². The average Bonchev–Trinajstić information content (AvgIpc) is 2.67. The van der Waals surface area contributed by atoms with Gasteiger partial charge >= 0.3 is 0 Å². The lowest BCUT2D eigenvalue weighted by molar-refractivity contribution is -0.140. The van der Waals surface area contributed by atoms with Gasteiger partial charge in [-0.15, -0.1) is 0 Å². The lowest BCUT2D eigenvalue weighted by Crippen LogP contribution is -2.50. The molecule has 1 aromatic rings. The summed E-state index contributed by atoms with van der Waals surface area (Å²) in [5.74, 6) is 2.45. The molecule has 5 heteroatoms. The van der Waals surface area contributed by atoms with E-state index < -0.39 is 0 Å². The first-order valence-corrected chi connectivity index (χ1v) is 11.3. The number of rotatable bonds is 4.